The predicted molar refractivity (Wildman–Crippen MR) is 241 cm³/mol. The van der Waals surface area contributed by atoms with Crippen molar-refractivity contribution in [3.63, 3.8) is 0 Å². The molecule has 5 atom stereocenters. The van der Waals surface area contributed by atoms with Crippen LogP contribution in [0.25, 0.3) is 0 Å². The second-order valence-corrected chi connectivity index (χ2v) is 16.5. The van der Waals surface area contributed by atoms with Crippen molar-refractivity contribution in [2.24, 2.45) is 11.8 Å². The average Bonchev–Trinajstić information content (AvgIpc) is 4.18. The molecule has 28 heteroatoms. The summed E-state index contributed by atoms with van der Waals surface area (Å²) in [5.74, 6) is -0.633. The highest BCUT2D eigenvalue weighted by molar-refractivity contribution is 7.10. The Labute approximate surface area is 388 Å². The van der Waals surface area contributed by atoms with Gasteiger partial charge in [-0.15, -0.1) is 17.5 Å². The number of hydrogen-bond donors (Lipinski definition) is 3. The number of aromatic nitrogens is 8. The van der Waals surface area contributed by atoms with Gasteiger partial charge in [0.1, 0.15) is 24.2 Å². The Hall–Kier alpha value is -5.48. The molecular formula is C36H58N12O12S4. The third kappa shape index (κ3) is 17.9. The fourth-order valence-electron chi connectivity index (χ4n) is 5.16. The highest BCUT2D eigenvalue weighted by Gasteiger charge is 2.34. The number of carbonyl (C=O) groups excluding carboxylic acids is 4. The molecule has 0 amide bonds. The summed E-state index contributed by atoms with van der Waals surface area (Å²) in [7, 11) is 11.5. The Morgan fingerprint density at radius 1 is 0.625 bits per heavy atom. The van der Waals surface area contributed by atoms with Crippen LogP contribution in [0, 0.1) is 11.8 Å². The zero-order chi connectivity index (χ0) is 47.8. The lowest BCUT2D eigenvalue weighted by Gasteiger charge is -2.20. The topological polar surface area (TPSA) is 285 Å². The van der Waals surface area contributed by atoms with E-state index in [-0.39, 0.29) is 41.8 Å². The first-order valence-corrected chi connectivity index (χ1v) is 22.6. The van der Waals surface area contributed by atoms with Crippen LogP contribution in [0.4, 0.5) is 20.5 Å². The first-order valence-electron chi connectivity index (χ1n) is 19.5. The molecule has 0 aliphatic carbocycles. The first-order chi connectivity index (χ1) is 30.6. The summed E-state index contributed by atoms with van der Waals surface area (Å²) in [4.78, 5) is 64.0. The highest BCUT2D eigenvalue weighted by Crippen LogP contribution is 2.29. The Balaban J connectivity index is 0.000000294. The molecule has 4 aromatic rings. The van der Waals surface area contributed by atoms with Crippen molar-refractivity contribution in [1.82, 2.24) is 37.4 Å². The summed E-state index contributed by atoms with van der Waals surface area (Å²) in [5, 5.41) is 11.2. The van der Waals surface area contributed by atoms with E-state index in [1.165, 1.54) is 68.4 Å². The lowest BCUT2D eigenvalue weighted by molar-refractivity contribution is -0.143. The number of anilines is 4. The van der Waals surface area contributed by atoms with Crippen molar-refractivity contribution in [3.8, 4) is 24.0 Å². The Morgan fingerprint density at radius 3 is 1.52 bits per heavy atom. The molecule has 358 valence electrons. The van der Waals surface area contributed by atoms with Gasteiger partial charge >= 0.3 is 47.9 Å². The van der Waals surface area contributed by atoms with E-state index < -0.39 is 18.1 Å². The van der Waals surface area contributed by atoms with E-state index in [1.54, 1.807) is 6.92 Å². The van der Waals surface area contributed by atoms with Gasteiger partial charge in [0, 0.05) is 52.7 Å². The fourth-order valence-corrected chi connectivity index (χ4v) is 7.68. The summed E-state index contributed by atoms with van der Waals surface area (Å²) in [5.41, 5.74) is 0. The van der Waals surface area contributed by atoms with E-state index in [0.29, 0.717) is 50.9 Å². The summed E-state index contributed by atoms with van der Waals surface area (Å²) in [6.45, 7) is 10.6. The number of esters is 4. The molecule has 0 radical (unpaired) electrons. The normalized spacial score (nSPS) is 14.5. The molecule has 5 heterocycles. The van der Waals surface area contributed by atoms with Gasteiger partial charge in [0.05, 0.1) is 56.9 Å². The maximum absolute atomic E-state index is 11.6. The molecule has 4 aromatic heterocycles. The van der Waals surface area contributed by atoms with Gasteiger partial charge in [-0.25, -0.2) is 19.2 Å². The Kier molecular flexibility index (Phi) is 24.8. The van der Waals surface area contributed by atoms with Crippen molar-refractivity contribution < 1.29 is 57.1 Å². The molecule has 64 heavy (non-hydrogen) atoms. The smallest absolute Gasteiger partial charge is 0.329 e. The van der Waals surface area contributed by atoms with Gasteiger partial charge in [0.15, 0.2) is 0 Å². The van der Waals surface area contributed by atoms with Crippen molar-refractivity contribution in [2.75, 3.05) is 84.3 Å². The molecule has 24 nitrogen and oxygen atoms in total. The number of hydrogen-bond acceptors (Lipinski definition) is 28. The van der Waals surface area contributed by atoms with E-state index in [4.69, 9.17) is 33.2 Å². The zero-order valence-corrected chi connectivity index (χ0v) is 41.3. The largest absolute Gasteiger partial charge is 0.467 e. The van der Waals surface area contributed by atoms with Gasteiger partial charge in [0.2, 0.25) is 20.5 Å². The first kappa shape index (κ1) is 54.7. The van der Waals surface area contributed by atoms with Crippen LogP contribution in [0.1, 0.15) is 60.3 Å². The van der Waals surface area contributed by atoms with Gasteiger partial charge in [-0.1, -0.05) is 34.1 Å². The lowest BCUT2D eigenvalue weighted by Crippen LogP contribution is -2.36. The van der Waals surface area contributed by atoms with E-state index in [9.17, 15) is 19.2 Å². The van der Waals surface area contributed by atoms with Gasteiger partial charge < -0.3 is 58.7 Å². The summed E-state index contributed by atoms with van der Waals surface area (Å²) in [6, 6.07) is -0.276. The maximum atomic E-state index is 11.6. The minimum absolute atomic E-state index is 0.150. The predicted octanol–water partition coefficient (Wildman–Crippen LogP) is 4.30. The molecular weight excluding hydrogens is 921 g/mol. The van der Waals surface area contributed by atoms with E-state index in [2.05, 4.69) is 58.1 Å². The zero-order valence-electron chi connectivity index (χ0n) is 38.1. The molecule has 0 saturated carbocycles. The minimum atomic E-state index is -0.447. The van der Waals surface area contributed by atoms with Crippen LogP contribution in [0.2, 0.25) is 0 Å². The lowest BCUT2D eigenvalue weighted by atomic mass is 9.99. The van der Waals surface area contributed by atoms with Crippen LogP contribution in [-0.4, -0.2) is 149 Å². The number of carbonyl (C=O) groups is 4. The summed E-state index contributed by atoms with van der Waals surface area (Å²) in [6.07, 6.45) is 3.30. The SMILES string of the molecule is CC[C@H](C)[C@H](Nc1nc(OC)ns1)C(=O)OC.COC(=O)[C@@H]1CCCN1c1nc(OC)ns1.COC(=O)[C@H](C)Nc1nc(OC)ns1.COC(=O)[C@H](CC(C)C)Nc1nc(OC)ns1. The van der Waals surface area contributed by atoms with Gasteiger partial charge in [0.25, 0.3) is 0 Å². The number of rotatable bonds is 19. The van der Waals surface area contributed by atoms with Crippen LogP contribution >= 0.6 is 46.1 Å². The van der Waals surface area contributed by atoms with Crippen LogP contribution in [0.3, 0.4) is 0 Å². The molecule has 3 N–H and O–H groups in total. The minimum Gasteiger partial charge on any atom is -0.467 e. The van der Waals surface area contributed by atoms with Crippen LogP contribution in [-0.2, 0) is 38.1 Å². The molecule has 1 aliphatic rings. The number of nitrogens with one attached hydrogen (secondary N) is 3. The molecule has 1 aliphatic heterocycles. The molecule has 1 saturated heterocycles. The summed E-state index contributed by atoms with van der Waals surface area (Å²) >= 11 is 4.67. The van der Waals surface area contributed by atoms with Crippen LogP contribution in [0.15, 0.2) is 0 Å². The third-order valence-electron chi connectivity index (χ3n) is 8.65. The second-order valence-electron chi connectivity index (χ2n) is 13.5. The van der Waals surface area contributed by atoms with Gasteiger partial charge in [-0.05, 0) is 38.0 Å². The quantitative estimate of drug-likeness (QED) is 0.0872. The molecule has 0 unspecified atom stereocenters. The maximum Gasteiger partial charge on any atom is 0.329 e. The monoisotopic (exact) mass is 978 g/mol. The number of nitrogens with zero attached hydrogens (tertiary/aromatic N) is 9. The van der Waals surface area contributed by atoms with Crippen LogP contribution < -0.4 is 39.8 Å². The average molecular weight is 979 g/mol. The molecule has 0 bridgehead atoms. The Bertz CT molecular complexity index is 1980. The summed E-state index contributed by atoms with van der Waals surface area (Å²) < 4.78 is 54.1. The highest BCUT2D eigenvalue weighted by atomic mass is 32.1. The second kappa shape index (κ2) is 29.1. The van der Waals surface area contributed by atoms with E-state index in [1.807, 2.05) is 32.6 Å². The third-order valence-corrected chi connectivity index (χ3v) is 11.3. The van der Waals surface area contributed by atoms with Crippen LogP contribution in [0.5, 0.6) is 24.0 Å². The van der Waals surface area contributed by atoms with Crippen molar-refractivity contribution in [2.45, 2.75) is 84.5 Å². The van der Waals surface area contributed by atoms with E-state index >= 15 is 0 Å². The van der Waals surface area contributed by atoms with Crippen molar-refractivity contribution in [3.05, 3.63) is 0 Å². The molecule has 0 aromatic carbocycles. The van der Waals surface area contributed by atoms with Crippen molar-refractivity contribution >= 4 is 90.5 Å². The standard InChI is InChI=1S/2C10H17N3O3S.C9H13N3O3S.C7H11N3O3S/c1-6(2)5-7(8(14)15-3)11-10-12-9(16-4)13-17-10;1-5-6(2)7(8(14)15-3)11-10-12-9(16-4)13-17-10;1-14-7(13)6-4-3-5-12(6)9-10-8(15-2)11-16-9;1-4(5(11)12-2)8-7-9-6(13-3)10-14-7/h2*6-7H,5H2,1-4H3,(H,11,12,13);6H,3-5H2,1-2H3;4H,1-3H3,(H,8,9,10)/t7-;6-,7-;6-;4-/m0000/s1. The van der Waals surface area contributed by atoms with E-state index in [0.717, 1.165) is 60.4 Å². The number of ether oxygens (including phenoxy) is 8. The number of methoxy groups -OCH3 is 8. The Morgan fingerprint density at radius 2 is 1.09 bits per heavy atom. The van der Waals surface area contributed by atoms with Crippen molar-refractivity contribution in [1.29, 1.82) is 0 Å². The molecule has 5 rings (SSSR count). The fraction of sp³-hybridized carbons (Fsp3) is 0.667. The van der Waals surface area contributed by atoms with Gasteiger partial charge in [-0.3, -0.25) is 0 Å². The van der Waals surface area contributed by atoms with Gasteiger partial charge in [-0.2, -0.15) is 19.9 Å². The molecule has 1 fully saturated rings. The molecule has 0 spiro atoms.